The molecule has 0 aliphatic heterocycles. The van der Waals surface area contributed by atoms with Gasteiger partial charge in [0.2, 0.25) is 0 Å². The van der Waals surface area contributed by atoms with Gasteiger partial charge in [-0.2, -0.15) is 5.10 Å². The predicted molar refractivity (Wildman–Crippen MR) is 76.3 cm³/mol. The van der Waals surface area contributed by atoms with Crippen molar-refractivity contribution in [3.05, 3.63) is 44.1 Å². The van der Waals surface area contributed by atoms with Crippen molar-refractivity contribution in [3.8, 4) is 5.69 Å². The minimum absolute atomic E-state index is 0.479. The van der Waals surface area contributed by atoms with Gasteiger partial charge in [-0.15, -0.1) is 0 Å². The van der Waals surface area contributed by atoms with Crippen LogP contribution in [0.25, 0.3) is 5.69 Å². The van der Waals surface area contributed by atoms with Crippen LogP contribution in [0.4, 0.5) is 0 Å². The van der Waals surface area contributed by atoms with Crippen LogP contribution in [-0.2, 0) is 6.54 Å². The molecule has 1 heterocycles. The van der Waals surface area contributed by atoms with E-state index >= 15 is 0 Å². The third-order valence-corrected chi connectivity index (χ3v) is 4.62. The molecule has 0 atom stereocenters. The van der Waals surface area contributed by atoms with E-state index in [4.69, 9.17) is 5.73 Å². The number of aryl methyl sites for hydroxylation is 1. The van der Waals surface area contributed by atoms with Gasteiger partial charge in [-0.3, -0.25) is 0 Å². The van der Waals surface area contributed by atoms with Crippen molar-refractivity contribution in [3.63, 3.8) is 0 Å². The smallest absolute Gasteiger partial charge is 0.0743 e. The SMILES string of the molecule is Cc1nn(-c2cccc(Br)c2CN)c(C)c1Br. The Hall–Kier alpha value is -0.650. The Labute approximate surface area is 117 Å². The molecule has 2 aromatic rings. The summed E-state index contributed by atoms with van der Waals surface area (Å²) < 4.78 is 3.98. The quantitative estimate of drug-likeness (QED) is 0.893. The molecule has 1 aromatic heterocycles. The van der Waals surface area contributed by atoms with Crippen LogP contribution in [0.2, 0.25) is 0 Å². The van der Waals surface area contributed by atoms with Crippen molar-refractivity contribution in [2.24, 2.45) is 5.73 Å². The fourth-order valence-corrected chi connectivity index (χ4v) is 2.57. The van der Waals surface area contributed by atoms with Gasteiger partial charge in [0.15, 0.2) is 0 Å². The fraction of sp³-hybridized carbons (Fsp3) is 0.250. The number of hydrogen-bond acceptors (Lipinski definition) is 2. The summed E-state index contributed by atoms with van der Waals surface area (Å²) in [7, 11) is 0. The van der Waals surface area contributed by atoms with E-state index in [1.807, 2.05) is 36.7 Å². The Morgan fingerprint density at radius 3 is 2.53 bits per heavy atom. The molecule has 17 heavy (non-hydrogen) atoms. The van der Waals surface area contributed by atoms with E-state index in [0.29, 0.717) is 6.54 Å². The van der Waals surface area contributed by atoms with E-state index < -0.39 is 0 Å². The Morgan fingerprint density at radius 2 is 2.00 bits per heavy atom. The van der Waals surface area contributed by atoms with Crippen molar-refractivity contribution in [1.82, 2.24) is 9.78 Å². The van der Waals surface area contributed by atoms with Gasteiger partial charge in [0, 0.05) is 16.6 Å². The zero-order valence-corrected chi connectivity index (χ0v) is 12.8. The standard InChI is InChI=1S/C12H13Br2N3/c1-7-12(14)8(2)17(16-7)11-5-3-4-10(13)9(11)6-15/h3-5H,6,15H2,1-2H3. The van der Waals surface area contributed by atoms with Crippen LogP contribution in [0, 0.1) is 13.8 Å². The monoisotopic (exact) mass is 357 g/mol. The average molecular weight is 359 g/mol. The highest BCUT2D eigenvalue weighted by molar-refractivity contribution is 9.10. The first-order chi connectivity index (χ1) is 8.06. The number of rotatable bonds is 2. The molecule has 0 saturated heterocycles. The number of aromatic nitrogens is 2. The molecular weight excluding hydrogens is 346 g/mol. The van der Waals surface area contributed by atoms with Crippen LogP contribution in [0.3, 0.4) is 0 Å². The molecule has 0 fully saturated rings. The topological polar surface area (TPSA) is 43.8 Å². The minimum Gasteiger partial charge on any atom is -0.326 e. The van der Waals surface area contributed by atoms with Crippen LogP contribution >= 0.6 is 31.9 Å². The highest BCUT2D eigenvalue weighted by Crippen LogP contribution is 2.27. The molecule has 0 bridgehead atoms. The molecule has 0 spiro atoms. The molecule has 2 rings (SSSR count). The summed E-state index contributed by atoms with van der Waals surface area (Å²) in [4.78, 5) is 0. The van der Waals surface area contributed by atoms with Crippen LogP contribution in [0.1, 0.15) is 17.0 Å². The molecule has 0 aliphatic rings. The molecule has 90 valence electrons. The molecule has 0 saturated carbocycles. The van der Waals surface area contributed by atoms with Crippen molar-refractivity contribution in [2.75, 3.05) is 0 Å². The third-order valence-electron chi connectivity index (χ3n) is 2.73. The van der Waals surface area contributed by atoms with Crippen LogP contribution in [0.15, 0.2) is 27.1 Å². The molecule has 0 aliphatic carbocycles. The lowest BCUT2D eigenvalue weighted by Gasteiger charge is -2.11. The highest BCUT2D eigenvalue weighted by atomic mass is 79.9. The molecule has 0 unspecified atom stereocenters. The van der Waals surface area contributed by atoms with Crippen molar-refractivity contribution < 1.29 is 0 Å². The zero-order chi connectivity index (χ0) is 12.6. The molecular formula is C12H13Br2N3. The summed E-state index contributed by atoms with van der Waals surface area (Å²) in [6.45, 7) is 4.49. The van der Waals surface area contributed by atoms with Gasteiger partial charge in [0.1, 0.15) is 0 Å². The van der Waals surface area contributed by atoms with Crippen LogP contribution in [0.5, 0.6) is 0 Å². The number of nitrogens with zero attached hydrogens (tertiary/aromatic N) is 2. The summed E-state index contributed by atoms with van der Waals surface area (Å²) in [6, 6.07) is 6.01. The van der Waals surface area contributed by atoms with Crippen molar-refractivity contribution in [2.45, 2.75) is 20.4 Å². The predicted octanol–water partition coefficient (Wildman–Crippen LogP) is 3.47. The fourth-order valence-electron chi connectivity index (χ4n) is 1.81. The Kier molecular flexibility index (Phi) is 3.70. The second-order valence-electron chi connectivity index (χ2n) is 3.84. The highest BCUT2D eigenvalue weighted by Gasteiger charge is 2.13. The number of benzene rings is 1. The van der Waals surface area contributed by atoms with E-state index in [2.05, 4.69) is 37.0 Å². The summed E-state index contributed by atoms with van der Waals surface area (Å²) in [5, 5.41) is 4.52. The Balaban J connectivity index is 2.68. The summed E-state index contributed by atoms with van der Waals surface area (Å²) in [6.07, 6.45) is 0. The van der Waals surface area contributed by atoms with Gasteiger partial charge < -0.3 is 5.73 Å². The molecule has 1 aromatic carbocycles. The van der Waals surface area contributed by atoms with Gasteiger partial charge in [-0.05, 0) is 41.9 Å². The maximum Gasteiger partial charge on any atom is 0.0743 e. The van der Waals surface area contributed by atoms with E-state index in [1.54, 1.807) is 0 Å². The summed E-state index contributed by atoms with van der Waals surface area (Å²) in [5.41, 5.74) is 9.94. The summed E-state index contributed by atoms with van der Waals surface area (Å²) >= 11 is 7.06. The number of halogens is 2. The van der Waals surface area contributed by atoms with Crippen molar-refractivity contribution in [1.29, 1.82) is 0 Å². The Morgan fingerprint density at radius 1 is 1.29 bits per heavy atom. The first-order valence-electron chi connectivity index (χ1n) is 5.25. The van der Waals surface area contributed by atoms with Gasteiger partial charge in [-0.1, -0.05) is 22.0 Å². The van der Waals surface area contributed by atoms with E-state index in [9.17, 15) is 0 Å². The normalized spacial score (nSPS) is 10.9. The molecule has 0 radical (unpaired) electrons. The molecule has 0 amide bonds. The third kappa shape index (κ3) is 2.19. The van der Waals surface area contributed by atoms with E-state index in [1.165, 1.54) is 0 Å². The lowest BCUT2D eigenvalue weighted by molar-refractivity contribution is 0.816. The van der Waals surface area contributed by atoms with E-state index in [-0.39, 0.29) is 0 Å². The van der Waals surface area contributed by atoms with Crippen LogP contribution in [-0.4, -0.2) is 9.78 Å². The average Bonchev–Trinajstić information content (AvgIpc) is 2.56. The van der Waals surface area contributed by atoms with Gasteiger partial charge in [0.25, 0.3) is 0 Å². The lowest BCUT2D eigenvalue weighted by atomic mass is 10.2. The molecule has 5 heteroatoms. The number of hydrogen-bond donors (Lipinski definition) is 1. The largest absolute Gasteiger partial charge is 0.326 e. The summed E-state index contributed by atoms with van der Waals surface area (Å²) in [5.74, 6) is 0. The number of nitrogens with two attached hydrogens (primary N) is 1. The van der Waals surface area contributed by atoms with Gasteiger partial charge in [0.05, 0.1) is 21.5 Å². The first kappa shape index (κ1) is 12.8. The van der Waals surface area contributed by atoms with E-state index in [0.717, 1.165) is 31.6 Å². The maximum atomic E-state index is 5.80. The Bertz CT molecular complexity index is 561. The molecule has 3 nitrogen and oxygen atoms in total. The molecule has 2 N–H and O–H groups in total. The van der Waals surface area contributed by atoms with Crippen LogP contribution < -0.4 is 5.73 Å². The zero-order valence-electron chi connectivity index (χ0n) is 9.67. The van der Waals surface area contributed by atoms with Gasteiger partial charge >= 0.3 is 0 Å². The van der Waals surface area contributed by atoms with Crippen molar-refractivity contribution >= 4 is 31.9 Å². The first-order valence-corrected chi connectivity index (χ1v) is 6.84. The maximum absolute atomic E-state index is 5.80. The minimum atomic E-state index is 0.479. The lowest BCUT2D eigenvalue weighted by Crippen LogP contribution is -2.07. The second kappa shape index (κ2) is 4.92. The second-order valence-corrected chi connectivity index (χ2v) is 5.49. The van der Waals surface area contributed by atoms with Gasteiger partial charge in [-0.25, -0.2) is 4.68 Å².